The Balaban J connectivity index is 1.27. The highest BCUT2D eigenvalue weighted by atomic mass is 19.3. The molecule has 1 spiro atoms. The molecule has 2 aliphatic carbocycles. The van der Waals surface area contributed by atoms with Gasteiger partial charge in [0.15, 0.2) is 11.5 Å². The lowest BCUT2D eigenvalue weighted by Crippen LogP contribution is -2.45. The fourth-order valence-corrected chi connectivity index (χ4v) is 5.39. The van der Waals surface area contributed by atoms with Crippen LogP contribution >= 0.6 is 0 Å². The van der Waals surface area contributed by atoms with Crippen molar-refractivity contribution < 1.29 is 27.8 Å². The maximum atomic E-state index is 13.5. The van der Waals surface area contributed by atoms with Crippen LogP contribution in [0.25, 0.3) is 0 Å². The largest absolute Gasteiger partial charge is 0.586 e. The zero-order chi connectivity index (χ0) is 21.3. The molecular weight excluding hydrogens is 404 g/mol. The lowest BCUT2D eigenvalue weighted by Gasteiger charge is -2.40. The molecular formula is C24H23F2NO4. The first-order valence-corrected chi connectivity index (χ1v) is 10.9. The summed E-state index contributed by atoms with van der Waals surface area (Å²) in [6.45, 7) is 0. The van der Waals surface area contributed by atoms with Gasteiger partial charge in [0.05, 0.1) is 11.5 Å². The van der Waals surface area contributed by atoms with Gasteiger partial charge in [0.1, 0.15) is 11.4 Å². The predicted molar refractivity (Wildman–Crippen MR) is 107 cm³/mol. The second kappa shape index (κ2) is 6.34. The Labute approximate surface area is 178 Å². The quantitative estimate of drug-likeness (QED) is 0.750. The molecule has 2 fully saturated rings. The van der Waals surface area contributed by atoms with Gasteiger partial charge in [-0.1, -0.05) is 24.3 Å². The molecule has 5 nitrogen and oxygen atoms in total. The van der Waals surface area contributed by atoms with Crippen molar-refractivity contribution in [3.05, 3.63) is 53.6 Å². The number of nitrogens with one attached hydrogen (secondary N) is 1. The van der Waals surface area contributed by atoms with Gasteiger partial charge in [0, 0.05) is 12.0 Å². The van der Waals surface area contributed by atoms with Crippen LogP contribution in [0.1, 0.15) is 62.1 Å². The number of carbonyl (C=O) groups is 1. The number of hydrogen-bond donors (Lipinski definition) is 1. The Morgan fingerprint density at radius 3 is 2.42 bits per heavy atom. The summed E-state index contributed by atoms with van der Waals surface area (Å²) in [5, 5.41) is 3.27. The first-order valence-electron chi connectivity index (χ1n) is 10.9. The Morgan fingerprint density at radius 1 is 0.903 bits per heavy atom. The Bertz CT molecular complexity index is 1060. The highest BCUT2D eigenvalue weighted by Crippen LogP contribution is 2.53. The van der Waals surface area contributed by atoms with Crippen LogP contribution in [0, 0.1) is 0 Å². The first-order chi connectivity index (χ1) is 14.9. The topological polar surface area (TPSA) is 56.8 Å². The van der Waals surface area contributed by atoms with Crippen LogP contribution in [0.2, 0.25) is 0 Å². The van der Waals surface area contributed by atoms with Crippen molar-refractivity contribution in [2.45, 2.75) is 68.3 Å². The normalized spacial score (nSPS) is 25.5. The van der Waals surface area contributed by atoms with Crippen molar-refractivity contribution in [3.8, 4) is 17.2 Å². The third kappa shape index (κ3) is 3.05. The van der Waals surface area contributed by atoms with Gasteiger partial charge in [-0.3, -0.25) is 4.79 Å². The smallest absolute Gasteiger partial charge is 0.487 e. The fourth-order valence-electron chi connectivity index (χ4n) is 5.39. The van der Waals surface area contributed by atoms with Gasteiger partial charge < -0.3 is 19.5 Å². The van der Waals surface area contributed by atoms with Crippen molar-refractivity contribution in [1.82, 2.24) is 5.32 Å². The second-order valence-electron chi connectivity index (χ2n) is 9.17. The van der Waals surface area contributed by atoms with Crippen molar-refractivity contribution in [2.24, 2.45) is 0 Å². The van der Waals surface area contributed by atoms with E-state index in [0.717, 1.165) is 43.4 Å². The number of rotatable bonds is 3. The van der Waals surface area contributed by atoms with Crippen LogP contribution in [-0.4, -0.2) is 17.8 Å². The summed E-state index contributed by atoms with van der Waals surface area (Å²) < 4.78 is 42.3. The Kier molecular flexibility index (Phi) is 3.87. The van der Waals surface area contributed by atoms with E-state index in [9.17, 15) is 13.6 Å². The van der Waals surface area contributed by atoms with E-state index in [1.54, 1.807) is 6.07 Å². The van der Waals surface area contributed by atoms with Crippen LogP contribution in [-0.2, 0) is 10.2 Å². The van der Waals surface area contributed by atoms with E-state index in [0.29, 0.717) is 18.4 Å². The van der Waals surface area contributed by atoms with Gasteiger partial charge in [-0.2, -0.15) is 0 Å². The van der Waals surface area contributed by atoms with Crippen molar-refractivity contribution >= 4 is 5.91 Å². The third-order valence-electron chi connectivity index (χ3n) is 7.16. The van der Waals surface area contributed by atoms with Gasteiger partial charge in [-0.15, -0.1) is 8.78 Å². The number of hydrogen-bond acceptors (Lipinski definition) is 4. The van der Waals surface area contributed by atoms with E-state index in [-0.39, 0.29) is 29.0 Å². The SMILES string of the molecule is O=C(N[C@@H]1CC2(CCCC2)Oc2ccccc21)C1(c2ccc3c(c2)OC(F)(F)O3)CC1. The molecule has 2 aromatic carbocycles. The molecule has 0 saturated heterocycles. The average Bonchev–Trinajstić information content (AvgIpc) is 3.34. The molecule has 2 aliphatic heterocycles. The van der Waals surface area contributed by atoms with Gasteiger partial charge in [-0.25, -0.2) is 0 Å². The summed E-state index contributed by atoms with van der Waals surface area (Å²) in [4.78, 5) is 13.5. The van der Waals surface area contributed by atoms with Crippen LogP contribution in [0.5, 0.6) is 17.2 Å². The highest BCUT2D eigenvalue weighted by molar-refractivity contribution is 5.92. The van der Waals surface area contributed by atoms with Crippen molar-refractivity contribution in [1.29, 1.82) is 0 Å². The first kappa shape index (κ1) is 18.9. The fraction of sp³-hybridized carbons (Fsp3) is 0.458. The average molecular weight is 427 g/mol. The molecule has 0 radical (unpaired) electrons. The lowest BCUT2D eigenvalue weighted by molar-refractivity contribution is -0.286. The monoisotopic (exact) mass is 427 g/mol. The standard InChI is InChI=1S/C24H23F2NO4/c25-24(26)30-19-8-7-15(13-20(19)31-24)23(11-12-23)21(28)27-17-14-22(9-3-4-10-22)29-18-6-2-1-5-16(17)18/h1-2,5-8,13,17H,3-4,9-12,14H2,(H,27,28)/t17-/m1/s1. The maximum Gasteiger partial charge on any atom is 0.586 e. The molecule has 2 saturated carbocycles. The minimum Gasteiger partial charge on any atom is -0.487 e. The molecule has 2 heterocycles. The summed E-state index contributed by atoms with van der Waals surface area (Å²) >= 11 is 0. The van der Waals surface area contributed by atoms with E-state index in [1.807, 2.05) is 24.3 Å². The number of ether oxygens (including phenoxy) is 3. The van der Waals surface area contributed by atoms with E-state index in [1.165, 1.54) is 12.1 Å². The minimum atomic E-state index is -3.67. The number of alkyl halides is 2. The molecule has 0 unspecified atom stereocenters. The molecule has 162 valence electrons. The zero-order valence-corrected chi connectivity index (χ0v) is 17.0. The van der Waals surface area contributed by atoms with E-state index in [2.05, 4.69) is 14.8 Å². The van der Waals surface area contributed by atoms with Crippen molar-refractivity contribution in [3.63, 3.8) is 0 Å². The molecule has 31 heavy (non-hydrogen) atoms. The van der Waals surface area contributed by atoms with Gasteiger partial charge in [0.2, 0.25) is 5.91 Å². The summed E-state index contributed by atoms with van der Waals surface area (Å²) in [5.41, 5.74) is 0.746. The van der Waals surface area contributed by atoms with Crippen LogP contribution < -0.4 is 19.5 Å². The summed E-state index contributed by atoms with van der Waals surface area (Å²) in [7, 11) is 0. The van der Waals surface area contributed by atoms with E-state index >= 15 is 0 Å². The summed E-state index contributed by atoms with van der Waals surface area (Å²) in [6.07, 6.45) is 2.68. The van der Waals surface area contributed by atoms with Gasteiger partial charge in [0.25, 0.3) is 0 Å². The molecule has 4 aliphatic rings. The maximum absolute atomic E-state index is 13.5. The number of halogens is 2. The predicted octanol–water partition coefficient (Wildman–Crippen LogP) is 4.99. The van der Waals surface area contributed by atoms with E-state index < -0.39 is 11.7 Å². The number of para-hydroxylation sites is 1. The number of fused-ring (bicyclic) bond motifs is 2. The molecule has 1 N–H and O–H groups in total. The third-order valence-corrected chi connectivity index (χ3v) is 7.16. The Hall–Kier alpha value is -2.83. The molecule has 2 aromatic rings. The zero-order valence-electron chi connectivity index (χ0n) is 17.0. The van der Waals surface area contributed by atoms with Gasteiger partial charge >= 0.3 is 6.29 Å². The van der Waals surface area contributed by atoms with Crippen LogP contribution in [0.4, 0.5) is 8.78 Å². The molecule has 7 heteroatoms. The number of carbonyl (C=O) groups excluding carboxylic acids is 1. The van der Waals surface area contributed by atoms with Crippen molar-refractivity contribution in [2.75, 3.05) is 0 Å². The van der Waals surface area contributed by atoms with E-state index in [4.69, 9.17) is 4.74 Å². The lowest BCUT2D eigenvalue weighted by atomic mass is 9.85. The van der Waals surface area contributed by atoms with Crippen LogP contribution in [0.15, 0.2) is 42.5 Å². The minimum absolute atomic E-state index is 0.00788. The second-order valence-corrected chi connectivity index (χ2v) is 9.17. The van der Waals surface area contributed by atoms with Gasteiger partial charge in [-0.05, 0) is 62.3 Å². The van der Waals surface area contributed by atoms with Crippen LogP contribution in [0.3, 0.4) is 0 Å². The molecule has 0 bridgehead atoms. The molecule has 6 rings (SSSR count). The molecule has 1 atom stereocenters. The number of benzene rings is 2. The molecule has 0 aromatic heterocycles. The highest BCUT2D eigenvalue weighted by Gasteiger charge is 2.54. The summed E-state index contributed by atoms with van der Waals surface area (Å²) in [5.74, 6) is 0.735. The molecule has 1 amide bonds. The number of amides is 1. The summed E-state index contributed by atoms with van der Waals surface area (Å²) in [6, 6.07) is 12.4. The Morgan fingerprint density at radius 2 is 1.65 bits per heavy atom.